The molecule has 0 aliphatic rings. The number of nitrogens with one attached hydrogen (secondary N) is 1. The molecule has 0 fully saturated rings. The predicted octanol–water partition coefficient (Wildman–Crippen LogP) is 3.16. The minimum atomic E-state index is -3.68. The molecule has 0 spiro atoms. The van der Waals surface area contributed by atoms with Gasteiger partial charge < -0.3 is 14.6 Å². The summed E-state index contributed by atoms with van der Waals surface area (Å²) in [5, 5.41) is 12.0. The van der Waals surface area contributed by atoms with E-state index in [0.717, 1.165) is 34.2 Å². The highest BCUT2D eigenvalue weighted by Crippen LogP contribution is 2.22. The number of carbonyl (C=O) groups is 2. The van der Waals surface area contributed by atoms with E-state index in [-0.39, 0.29) is 16.2 Å². The summed E-state index contributed by atoms with van der Waals surface area (Å²) in [6, 6.07) is 8.08. The lowest BCUT2D eigenvalue weighted by molar-refractivity contribution is -0.142. The van der Waals surface area contributed by atoms with Crippen LogP contribution in [0.15, 0.2) is 34.7 Å². The van der Waals surface area contributed by atoms with Crippen molar-refractivity contribution in [2.75, 3.05) is 26.0 Å². The van der Waals surface area contributed by atoms with Gasteiger partial charge in [0.2, 0.25) is 10.0 Å². The molecule has 0 bridgehead atoms. The molecule has 0 aliphatic carbocycles. The molecule has 34 heavy (non-hydrogen) atoms. The van der Waals surface area contributed by atoms with Crippen molar-refractivity contribution in [3.63, 3.8) is 0 Å². The van der Waals surface area contributed by atoms with E-state index in [4.69, 9.17) is 4.74 Å². The molecule has 0 aliphatic heterocycles. The number of esters is 1. The molecule has 0 radical (unpaired) electrons. The maximum absolute atomic E-state index is 12.4. The highest BCUT2D eigenvalue weighted by Gasteiger charge is 2.20. The minimum Gasteiger partial charge on any atom is -0.451 e. The van der Waals surface area contributed by atoms with Crippen LogP contribution in [-0.4, -0.2) is 49.9 Å². The van der Waals surface area contributed by atoms with Gasteiger partial charge in [0.05, 0.1) is 4.90 Å². The lowest BCUT2D eigenvalue weighted by atomic mass is 10.1. The zero-order chi connectivity index (χ0) is 25.6. The van der Waals surface area contributed by atoms with E-state index in [2.05, 4.69) is 16.8 Å². The average Bonchev–Trinajstić information content (AvgIpc) is 3.04. The largest absolute Gasteiger partial charge is 0.451 e. The second kappa shape index (κ2) is 11.1. The number of aryl methyl sites for hydroxylation is 2. The number of rotatable bonds is 9. The molecule has 1 aromatic heterocycles. The zero-order valence-corrected chi connectivity index (χ0v) is 21.1. The van der Waals surface area contributed by atoms with Crippen LogP contribution in [0, 0.1) is 32.1 Å². The van der Waals surface area contributed by atoms with E-state index < -0.39 is 28.5 Å². The third kappa shape index (κ3) is 6.12. The molecule has 1 heterocycles. The number of aromatic nitrogens is 1. The molecule has 0 unspecified atom stereocenters. The fraction of sp³-hybridized carbons (Fsp3) is 0.375. The topological polar surface area (TPSA) is 121 Å². The minimum absolute atomic E-state index is 0.0192. The Morgan fingerprint density at radius 1 is 1.21 bits per heavy atom. The average molecular weight is 487 g/mol. The number of nitriles is 1. The smallest absolute Gasteiger partial charge is 0.349 e. The van der Waals surface area contributed by atoms with Crippen LogP contribution in [0.1, 0.15) is 35.9 Å². The lowest BCUT2D eigenvalue weighted by Gasteiger charge is -2.14. The van der Waals surface area contributed by atoms with Crippen molar-refractivity contribution in [2.45, 2.75) is 45.6 Å². The molecule has 10 heteroatoms. The molecule has 1 amide bonds. The summed E-state index contributed by atoms with van der Waals surface area (Å²) >= 11 is 0. The summed E-state index contributed by atoms with van der Waals surface area (Å²) in [4.78, 5) is 24.8. The van der Waals surface area contributed by atoms with Gasteiger partial charge in [-0.25, -0.2) is 17.5 Å². The van der Waals surface area contributed by atoms with Gasteiger partial charge in [-0.15, -0.1) is 0 Å². The van der Waals surface area contributed by atoms with Crippen LogP contribution in [0.25, 0.3) is 6.08 Å². The Morgan fingerprint density at radius 2 is 1.88 bits per heavy atom. The van der Waals surface area contributed by atoms with Gasteiger partial charge >= 0.3 is 5.97 Å². The van der Waals surface area contributed by atoms with Gasteiger partial charge in [0.25, 0.3) is 5.91 Å². The first-order valence-corrected chi connectivity index (χ1v) is 12.1. The van der Waals surface area contributed by atoms with Gasteiger partial charge in [-0.2, -0.15) is 5.26 Å². The normalized spacial score (nSPS) is 11.9. The number of nitrogens with zero attached hydrogens (tertiary/aromatic N) is 3. The number of sulfonamides is 1. The van der Waals surface area contributed by atoms with Crippen molar-refractivity contribution < 1.29 is 22.7 Å². The number of carbonyl (C=O) groups excluding carboxylic acids is 2. The molecule has 0 saturated heterocycles. The Balaban J connectivity index is 2.12. The number of benzene rings is 1. The first-order chi connectivity index (χ1) is 15.9. The van der Waals surface area contributed by atoms with Crippen LogP contribution in [0.2, 0.25) is 0 Å². The molecule has 0 atom stereocenters. The maximum atomic E-state index is 12.4. The summed E-state index contributed by atoms with van der Waals surface area (Å²) < 4.78 is 32.9. The quantitative estimate of drug-likeness (QED) is 0.330. The van der Waals surface area contributed by atoms with Gasteiger partial charge in [0, 0.05) is 37.7 Å². The fourth-order valence-electron chi connectivity index (χ4n) is 3.34. The van der Waals surface area contributed by atoms with Crippen LogP contribution >= 0.6 is 0 Å². The molecule has 1 aromatic carbocycles. The highest BCUT2D eigenvalue weighted by molar-refractivity contribution is 7.89. The van der Waals surface area contributed by atoms with Crippen molar-refractivity contribution >= 4 is 33.7 Å². The Kier molecular flexibility index (Phi) is 8.79. The second-order valence-electron chi connectivity index (χ2n) is 8.04. The number of ether oxygens (including phenoxy) is 1. The number of amides is 1. The molecule has 9 nitrogen and oxygen atoms in total. The zero-order valence-electron chi connectivity index (χ0n) is 20.3. The fourth-order valence-corrected chi connectivity index (χ4v) is 4.26. The number of hydrogen-bond donors (Lipinski definition) is 1. The molecular weight excluding hydrogens is 456 g/mol. The molecular formula is C24H30N4O5S. The van der Waals surface area contributed by atoms with E-state index in [9.17, 15) is 23.3 Å². The second-order valence-corrected chi connectivity index (χ2v) is 10.2. The number of hydrogen-bond acceptors (Lipinski definition) is 6. The number of anilines is 1. The van der Waals surface area contributed by atoms with Gasteiger partial charge in [0.15, 0.2) is 6.61 Å². The van der Waals surface area contributed by atoms with E-state index in [1.54, 1.807) is 13.0 Å². The third-order valence-corrected chi connectivity index (χ3v) is 7.11. The summed E-state index contributed by atoms with van der Waals surface area (Å²) in [5.41, 5.74) is 3.38. The maximum Gasteiger partial charge on any atom is 0.349 e. The van der Waals surface area contributed by atoms with Crippen LogP contribution in [0.5, 0.6) is 0 Å². The van der Waals surface area contributed by atoms with Crippen LogP contribution in [0.3, 0.4) is 0 Å². The summed E-state index contributed by atoms with van der Waals surface area (Å²) in [6.45, 7) is 7.84. The van der Waals surface area contributed by atoms with Crippen molar-refractivity contribution in [3.05, 3.63) is 52.4 Å². The van der Waals surface area contributed by atoms with Gasteiger partial charge in [-0.3, -0.25) is 4.79 Å². The predicted molar refractivity (Wildman–Crippen MR) is 129 cm³/mol. The van der Waals surface area contributed by atoms with Crippen molar-refractivity contribution in [1.29, 1.82) is 5.26 Å². The van der Waals surface area contributed by atoms with Crippen LogP contribution < -0.4 is 5.32 Å². The van der Waals surface area contributed by atoms with Gasteiger partial charge in [0.1, 0.15) is 11.6 Å². The van der Waals surface area contributed by atoms with Crippen LogP contribution in [-0.2, 0) is 30.9 Å². The van der Waals surface area contributed by atoms with E-state index >= 15 is 0 Å². The van der Waals surface area contributed by atoms with E-state index in [0.29, 0.717) is 5.56 Å². The first-order valence-electron chi connectivity index (χ1n) is 10.7. The van der Waals surface area contributed by atoms with Crippen molar-refractivity contribution in [2.24, 2.45) is 0 Å². The van der Waals surface area contributed by atoms with E-state index in [1.807, 2.05) is 26.0 Å². The first kappa shape index (κ1) is 26.8. The monoisotopic (exact) mass is 486 g/mol. The Hall–Kier alpha value is -3.42. The van der Waals surface area contributed by atoms with Crippen LogP contribution in [0.4, 0.5) is 5.69 Å². The molecule has 0 saturated carbocycles. The Bertz CT molecular complexity index is 1270. The highest BCUT2D eigenvalue weighted by atomic mass is 32.2. The third-order valence-electron chi connectivity index (χ3n) is 5.30. The van der Waals surface area contributed by atoms with Crippen molar-refractivity contribution in [1.82, 2.24) is 8.87 Å². The Labute approximate surface area is 200 Å². The van der Waals surface area contributed by atoms with E-state index in [1.165, 1.54) is 32.3 Å². The van der Waals surface area contributed by atoms with Crippen molar-refractivity contribution in [3.8, 4) is 6.07 Å². The Morgan fingerprint density at radius 3 is 2.47 bits per heavy atom. The summed E-state index contributed by atoms with van der Waals surface area (Å²) in [5.74, 6) is -1.58. The summed E-state index contributed by atoms with van der Waals surface area (Å²) in [6.07, 6.45) is 2.40. The molecule has 182 valence electrons. The SMILES string of the molecule is CCCn1c(C)cc(/C=C(\C#N)C(=O)OCC(=O)Nc2cc(S(=O)(=O)N(C)C)ccc2C)c1C. The molecule has 2 rings (SSSR count). The lowest BCUT2D eigenvalue weighted by Crippen LogP contribution is -2.24. The molecule has 2 aromatic rings. The van der Waals surface area contributed by atoms with Gasteiger partial charge in [-0.1, -0.05) is 13.0 Å². The standard InChI is InChI=1S/C24H30N4O5S/c1-7-10-28-17(3)11-19(18(28)4)12-20(14-25)24(30)33-15-23(29)26-22-13-21(9-8-16(22)2)34(31,32)27(5)6/h8-9,11-13H,7,10,15H2,1-6H3,(H,26,29)/b20-12+. The summed E-state index contributed by atoms with van der Waals surface area (Å²) in [7, 11) is -0.856. The van der Waals surface area contributed by atoms with Gasteiger partial charge in [-0.05, 0) is 62.6 Å². The molecule has 1 N–H and O–H groups in total.